The molecular formula is C20H21Cl2FN4S. The Hall–Kier alpha value is -1.76. The standard InChI is InChI=1S/C18H15Cl2FN4S.C2H6/c19-13-14-16(26-15(13)10-4-2-1-3-5-10)17(25-18(20)24-14)23-8-11-6-7-22-9-12(11)21;1-2/h1-2,6-7,9-10H,3-5,8H2,(H,23,24,25);1-2H3. The number of hydrogen-bond donors (Lipinski definition) is 1. The minimum Gasteiger partial charge on any atom is -0.365 e. The maximum Gasteiger partial charge on any atom is 0.225 e. The molecule has 3 aromatic heterocycles. The largest absolute Gasteiger partial charge is 0.365 e. The van der Waals surface area contributed by atoms with Gasteiger partial charge >= 0.3 is 0 Å². The number of hydrogen-bond acceptors (Lipinski definition) is 5. The maximum absolute atomic E-state index is 13.8. The van der Waals surface area contributed by atoms with E-state index in [2.05, 4.69) is 32.4 Å². The molecular weight excluding hydrogens is 418 g/mol. The van der Waals surface area contributed by atoms with Gasteiger partial charge in [0, 0.05) is 23.2 Å². The quantitative estimate of drug-likeness (QED) is 0.352. The van der Waals surface area contributed by atoms with Crippen LogP contribution >= 0.6 is 34.5 Å². The Morgan fingerprint density at radius 1 is 1.25 bits per heavy atom. The third-order valence-electron chi connectivity index (χ3n) is 4.42. The van der Waals surface area contributed by atoms with Gasteiger partial charge in [0.15, 0.2) is 0 Å². The predicted octanol–water partition coefficient (Wildman–Crippen LogP) is 6.99. The third kappa shape index (κ3) is 4.45. The van der Waals surface area contributed by atoms with Crippen molar-refractivity contribution in [1.29, 1.82) is 0 Å². The molecule has 0 bridgehead atoms. The number of aromatic nitrogens is 3. The zero-order chi connectivity index (χ0) is 20.1. The molecule has 4 nitrogen and oxygen atoms in total. The molecule has 1 aliphatic rings. The van der Waals surface area contributed by atoms with Gasteiger partial charge in [-0.05, 0) is 42.8 Å². The number of thiophene rings is 1. The van der Waals surface area contributed by atoms with Crippen LogP contribution in [-0.4, -0.2) is 15.0 Å². The van der Waals surface area contributed by atoms with E-state index in [-0.39, 0.29) is 17.6 Å². The fourth-order valence-electron chi connectivity index (χ4n) is 3.08. The summed E-state index contributed by atoms with van der Waals surface area (Å²) in [7, 11) is 0. The van der Waals surface area contributed by atoms with Gasteiger partial charge < -0.3 is 5.32 Å². The first-order valence-corrected chi connectivity index (χ1v) is 10.8. The summed E-state index contributed by atoms with van der Waals surface area (Å²) in [6, 6.07) is 1.63. The number of nitrogens with one attached hydrogen (secondary N) is 1. The minimum absolute atomic E-state index is 0.116. The molecule has 3 heterocycles. The summed E-state index contributed by atoms with van der Waals surface area (Å²) in [6.45, 7) is 4.27. The summed E-state index contributed by atoms with van der Waals surface area (Å²) >= 11 is 14.3. The molecule has 0 radical (unpaired) electrons. The monoisotopic (exact) mass is 438 g/mol. The Kier molecular flexibility index (Phi) is 7.21. The number of allylic oxidation sites excluding steroid dienone is 2. The summed E-state index contributed by atoms with van der Waals surface area (Å²) in [5.41, 5.74) is 1.15. The van der Waals surface area contributed by atoms with Crippen molar-refractivity contribution in [1.82, 2.24) is 15.0 Å². The Labute approximate surface area is 177 Å². The van der Waals surface area contributed by atoms with Crippen LogP contribution in [0.25, 0.3) is 10.2 Å². The van der Waals surface area contributed by atoms with E-state index in [0.717, 1.165) is 28.8 Å². The molecule has 4 rings (SSSR count). The molecule has 0 spiro atoms. The van der Waals surface area contributed by atoms with Crippen molar-refractivity contribution in [3.8, 4) is 0 Å². The van der Waals surface area contributed by atoms with Gasteiger partial charge in [-0.1, -0.05) is 37.6 Å². The zero-order valence-corrected chi connectivity index (χ0v) is 18.0. The van der Waals surface area contributed by atoms with Gasteiger partial charge in [0.25, 0.3) is 0 Å². The molecule has 8 heteroatoms. The number of pyridine rings is 1. The SMILES string of the molecule is CC.Fc1cnccc1CNc1nc(Cl)nc2c(Cl)c(C3CC=CCC3)sc12. The van der Waals surface area contributed by atoms with Gasteiger partial charge in [0.05, 0.1) is 15.9 Å². The van der Waals surface area contributed by atoms with Crippen molar-refractivity contribution in [3.05, 3.63) is 57.2 Å². The number of nitrogens with zero attached hydrogens (tertiary/aromatic N) is 3. The topological polar surface area (TPSA) is 50.7 Å². The lowest BCUT2D eigenvalue weighted by Gasteiger charge is -2.16. The number of fused-ring (bicyclic) bond motifs is 1. The Morgan fingerprint density at radius 3 is 2.79 bits per heavy atom. The first kappa shape index (κ1) is 21.0. The van der Waals surface area contributed by atoms with Gasteiger partial charge in [-0.25, -0.2) is 9.37 Å². The van der Waals surface area contributed by atoms with Crippen LogP contribution in [0.15, 0.2) is 30.6 Å². The van der Waals surface area contributed by atoms with Crippen LogP contribution in [0.3, 0.4) is 0 Å². The molecule has 1 aliphatic carbocycles. The molecule has 0 amide bonds. The molecule has 0 aromatic carbocycles. The van der Waals surface area contributed by atoms with Crippen LogP contribution in [-0.2, 0) is 6.54 Å². The fourth-order valence-corrected chi connectivity index (χ4v) is 4.96. The maximum atomic E-state index is 13.8. The van der Waals surface area contributed by atoms with Crippen molar-refractivity contribution in [2.45, 2.75) is 45.6 Å². The van der Waals surface area contributed by atoms with E-state index in [1.807, 2.05) is 13.8 Å². The van der Waals surface area contributed by atoms with E-state index in [9.17, 15) is 4.39 Å². The average Bonchev–Trinajstić information content (AvgIpc) is 3.06. The molecule has 3 aromatic rings. The van der Waals surface area contributed by atoms with E-state index in [1.54, 1.807) is 23.6 Å². The van der Waals surface area contributed by atoms with Crippen LogP contribution in [0.4, 0.5) is 10.2 Å². The molecule has 1 unspecified atom stereocenters. The van der Waals surface area contributed by atoms with Crippen molar-refractivity contribution in [2.24, 2.45) is 0 Å². The summed E-state index contributed by atoms with van der Waals surface area (Å²) < 4.78 is 14.7. The highest BCUT2D eigenvalue weighted by molar-refractivity contribution is 7.20. The lowest BCUT2D eigenvalue weighted by Crippen LogP contribution is -2.04. The summed E-state index contributed by atoms with van der Waals surface area (Å²) in [5.74, 6) is 0.590. The second-order valence-corrected chi connectivity index (χ2v) is 7.87. The molecule has 0 saturated carbocycles. The molecule has 1 N–H and O–H groups in total. The van der Waals surface area contributed by atoms with Crippen molar-refractivity contribution in [2.75, 3.05) is 5.32 Å². The first-order chi connectivity index (χ1) is 13.6. The average molecular weight is 439 g/mol. The highest BCUT2D eigenvalue weighted by Gasteiger charge is 2.23. The van der Waals surface area contributed by atoms with Gasteiger partial charge in [-0.15, -0.1) is 11.3 Å². The second kappa shape index (κ2) is 9.63. The molecule has 0 fully saturated rings. The Balaban J connectivity index is 0.00000109. The van der Waals surface area contributed by atoms with Gasteiger partial charge in [0.1, 0.15) is 17.2 Å². The third-order valence-corrected chi connectivity index (χ3v) is 6.43. The van der Waals surface area contributed by atoms with Crippen LogP contribution < -0.4 is 5.32 Å². The predicted molar refractivity (Wildman–Crippen MR) is 116 cm³/mol. The van der Waals surface area contributed by atoms with Crippen molar-refractivity contribution >= 4 is 50.6 Å². The Bertz CT molecular complexity index is 990. The smallest absolute Gasteiger partial charge is 0.225 e. The molecule has 0 aliphatic heterocycles. The number of rotatable bonds is 4. The van der Waals surface area contributed by atoms with Crippen LogP contribution in [0.5, 0.6) is 0 Å². The number of halogens is 3. The second-order valence-electron chi connectivity index (χ2n) is 6.10. The molecule has 148 valence electrons. The van der Waals surface area contributed by atoms with E-state index >= 15 is 0 Å². The van der Waals surface area contributed by atoms with Gasteiger partial charge in [0.2, 0.25) is 5.28 Å². The highest BCUT2D eigenvalue weighted by atomic mass is 35.5. The Morgan fingerprint density at radius 2 is 2.07 bits per heavy atom. The highest BCUT2D eigenvalue weighted by Crippen LogP contribution is 2.45. The van der Waals surface area contributed by atoms with E-state index < -0.39 is 0 Å². The minimum atomic E-state index is -0.365. The number of anilines is 1. The summed E-state index contributed by atoms with van der Waals surface area (Å²) in [5, 5.41) is 3.93. The van der Waals surface area contributed by atoms with Gasteiger partial charge in [-0.3, -0.25) is 4.98 Å². The van der Waals surface area contributed by atoms with Gasteiger partial charge in [-0.2, -0.15) is 4.98 Å². The van der Waals surface area contributed by atoms with E-state index in [0.29, 0.717) is 27.8 Å². The first-order valence-electron chi connectivity index (χ1n) is 9.26. The molecule has 28 heavy (non-hydrogen) atoms. The lowest BCUT2D eigenvalue weighted by molar-refractivity contribution is 0.606. The summed E-state index contributed by atoms with van der Waals surface area (Å²) in [4.78, 5) is 13.5. The normalized spacial score (nSPS) is 16.0. The van der Waals surface area contributed by atoms with Crippen molar-refractivity contribution in [3.63, 3.8) is 0 Å². The van der Waals surface area contributed by atoms with Crippen molar-refractivity contribution < 1.29 is 4.39 Å². The molecule has 0 saturated heterocycles. The lowest BCUT2D eigenvalue weighted by atomic mass is 9.93. The molecule has 1 atom stereocenters. The van der Waals surface area contributed by atoms with Crippen LogP contribution in [0.1, 0.15) is 49.5 Å². The van der Waals surface area contributed by atoms with E-state index in [4.69, 9.17) is 23.2 Å². The van der Waals surface area contributed by atoms with Crippen LogP contribution in [0, 0.1) is 5.82 Å². The van der Waals surface area contributed by atoms with Crippen LogP contribution in [0.2, 0.25) is 10.3 Å². The summed E-state index contributed by atoms with van der Waals surface area (Å²) in [6.07, 6.45) is 10.2. The zero-order valence-electron chi connectivity index (χ0n) is 15.7. The fraction of sp³-hybridized carbons (Fsp3) is 0.350. The van der Waals surface area contributed by atoms with E-state index in [1.165, 1.54) is 6.20 Å².